The van der Waals surface area contributed by atoms with Gasteiger partial charge in [-0.2, -0.15) is 17.5 Å². The molecule has 5 rings (SSSR count). The van der Waals surface area contributed by atoms with Gasteiger partial charge in [0, 0.05) is 42.2 Å². The van der Waals surface area contributed by atoms with E-state index in [0.717, 1.165) is 43.1 Å². The maximum Gasteiger partial charge on any atom is 0.451 e. The number of rotatable bonds is 7. The molecule has 2 fully saturated rings. The second-order valence-electron chi connectivity index (χ2n) is 9.80. The largest absolute Gasteiger partial charge is 0.451 e. The third kappa shape index (κ3) is 5.78. The summed E-state index contributed by atoms with van der Waals surface area (Å²) in [6.45, 7) is 1.78. The zero-order valence-corrected chi connectivity index (χ0v) is 21.6. The molecule has 8 nitrogen and oxygen atoms in total. The summed E-state index contributed by atoms with van der Waals surface area (Å²) in [5, 5.41) is 2.81. The van der Waals surface area contributed by atoms with Crippen molar-refractivity contribution in [1.82, 2.24) is 24.6 Å². The van der Waals surface area contributed by atoms with Gasteiger partial charge in [0.15, 0.2) is 0 Å². The fourth-order valence-corrected chi connectivity index (χ4v) is 6.54. The molecule has 0 spiro atoms. The summed E-state index contributed by atoms with van der Waals surface area (Å²) in [7, 11) is -4.05. The highest BCUT2D eigenvalue weighted by molar-refractivity contribution is 7.89. The van der Waals surface area contributed by atoms with E-state index in [4.69, 9.17) is 0 Å². The van der Waals surface area contributed by atoms with Crippen molar-refractivity contribution in [2.24, 2.45) is 0 Å². The number of pyridine rings is 1. The van der Waals surface area contributed by atoms with Crippen LogP contribution in [-0.4, -0.2) is 45.7 Å². The predicted octanol–water partition coefficient (Wildman–Crippen LogP) is 4.43. The minimum atomic E-state index is -4.66. The molecule has 1 saturated carbocycles. The Balaban J connectivity index is 1.35. The van der Waals surface area contributed by atoms with Crippen molar-refractivity contribution in [3.05, 3.63) is 71.7 Å². The summed E-state index contributed by atoms with van der Waals surface area (Å²) in [6, 6.07) is 6.57. The monoisotopic (exact) mass is 563 g/mol. The van der Waals surface area contributed by atoms with E-state index in [2.05, 4.69) is 20.3 Å². The highest BCUT2D eigenvalue weighted by Gasteiger charge is 2.43. The number of halogens is 4. The molecule has 0 unspecified atom stereocenters. The molecule has 1 aliphatic carbocycles. The minimum absolute atomic E-state index is 0.0604. The second-order valence-corrected chi connectivity index (χ2v) is 11.6. The summed E-state index contributed by atoms with van der Waals surface area (Å²) < 4.78 is 79.7. The van der Waals surface area contributed by atoms with Crippen LogP contribution < -0.4 is 5.32 Å². The van der Waals surface area contributed by atoms with Crippen LogP contribution in [0.25, 0.3) is 11.3 Å². The van der Waals surface area contributed by atoms with Gasteiger partial charge >= 0.3 is 6.18 Å². The average molecular weight is 564 g/mol. The first-order valence-corrected chi connectivity index (χ1v) is 13.8. The summed E-state index contributed by atoms with van der Waals surface area (Å²) >= 11 is 0. The number of nitrogens with zero attached hydrogens (tertiary/aromatic N) is 4. The maximum atomic E-state index is 13.3. The third-order valence-corrected chi connectivity index (χ3v) is 8.90. The molecule has 206 valence electrons. The summed E-state index contributed by atoms with van der Waals surface area (Å²) in [6.07, 6.45) is 0.143. The number of aromatic nitrogens is 3. The predicted molar refractivity (Wildman–Crippen MR) is 132 cm³/mol. The number of nitrogens with one attached hydrogen (secondary N) is 1. The zero-order valence-electron chi connectivity index (χ0n) is 20.8. The Morgan fingerprint density at radius 1 is 1.05 bits per heavy atom. The Bertz CT molecular complexity index is 1480. The molecule has 2 atom stereocenters. The number of hydrogen-bond acceptors (Lipinski definition) is 6. The molecule has 1 aliphatic heterocycles. The topological polar surface area (TPSA) is 105 Å². The maximum absolute atomic E-state index is 13.3. The van der Waals surface area contributed by atoms with Gasteiger partial charge < -0.3 is 5.32 Å². The van der Waals surface area contributed by atoms with Crippen LogP contribution in [0.1, 0.15) is 55.6 Å². The van der Waals surface area contributed by atoms with Crippen molar-refractivity contribution in [2.75, 3.05) is 0 Å². The van der Waals surface area contributed by atoms with Crippen LogP contribution in [0.3, 0.4) is 0 Å². The smallest absolute Gasteiger partial charge is 0.351 e. The normalized spacial score (nSPS) is 20.2. The van der Waals surface area contributed by atoms with Crippen LogP contribution in [0.15, 0.2) is 53.7 Å². The van der Waals surface area contributed by atoms with Gasteiger partial charge in [-0.05, 0) is 74.6 Å². The highest BCUT2D eigenvalue weighted by atomic mass is 32.2. The lowest BCUT2D eigenvalue weighted by Crippen LogP contribution is -2.48. The Morgan fingerprint density at radius 3 is 2.33 bits per heavy atom. The first-order valence-electron chi connectivity index (χ1n) is 12.4. The van der Waals surface area contributed by atoms with Crippen LogP contribution in [0.2, 0.25) is 0 Å². The second kappa shape index (κ2) is 10.3. The molecule has 39 heavy (non-hydrogen) atoms. The lowest BCUT2D eigenvalue weighted by atomic mass is 10.1. The van der Waals surface area contributed by atoms with Crippen molar-refractivity contribution < 1.29 is 30.8 Å². The van der Waals surface area contributed by atoms with Gasteiger partial charge in [0.05, 0.1) is 10.6 Å². The fourth-order valence-electron chi connectivity index (χ4n) is 4.70. The van der Waals surface area contributed by atoms with Gasteiger partial charge in [0.25, 0.3) is 0 Å². The van der Waals surface area contributed by atoms with E-state index in [9.17, 15) is 30.8 Å². The van der Waals surface area contributed by atoms with E-state index < -0.39 is 45.8 Å². The quantitative estimate of drug-likeness (QED) is 0.427. The first kappa shape index (κ1) is 27.1. The Kier molecular flexibility index (Phi) is 7.14. The van der Waals surface area contributed by atoms with Crippen molar-refractivity contribution in [2.45, 2.75) is 68.2 Å². The molecular formula is C26H25F4N5O3S. The molecule has 1 saturated heterocycles. The molecular weight excluding hydrogens is 538 g/mol. The van der Waals surface area contributed by atoms with E-state index in [1.807, 2.05) is 6.07 Å². The standard InChI is InChI=1S/C26H25F4N5O3S/c1-15-2-9-23(35(15)39(37,38)20-7-5-19(27)6-8-20)24(36)31-12-16-10-21(17-3-4-17)34-22(11-16)18-13-32-25(33-14-18)26(28,29)30/h5-8,10-11,13-15,17,23H,2-4,9,12H2,1H3,(H,31,36)/t15-,23-/m0/s1. The molecule has 0 bridgehead atoms. The van der Waals surface area contributed by atoms with E-state index in [1.54, 1.807) is 13.0 Å². The Labute approximate surface area is 222 Å². The summed E-state index contributed by atoms with van der Waals surface area (Å²) in [5.74, 6) is -2.07. The molecule has 3 heterocycles. The van der Waals surface area contributed by atoms with Crippen LogP contribution in [0.5, 0.6) is 0 Å². The molecule has 2 aliphatic rings. The van der Waals surface area contributed by atoms with Gasteiger partial charge in [-0.25, -0.2) is 22.8 Å². The lowest BCUT2D eigenvalue weighted by Gasteiger charge is -2.27. The van der Waals surface area contributed by atoms with Crippen molar-refractivity contribution >= 4 is 15.9 Å². The molecule has 0 radical (unpaired) electrons. The SMILES string of the molecule is C[C@H]1CC[C@@H](C(=O)NCc2cc(-c3cnc(C(F)(F)F)nc3)nc(C3CC3)c2)N1S(=O)(=O)c1ccc(F)cc1. The molecule has 1 amide bonds. The lowest BCUT2D eigenvalue weighted by molar-refractivity contribution is -0.145. The average Bonchev–Trinajstić information content (AvgIpc) is 3.68. The van der Waals surface area contributed by atoms with Crippen LogP contribution >= 0.6 is 0 Å². The summed E-state index contributed by atoms with van der Waals surface area (Å²) in [4.78, 5) is 24.5. The molecule has 3 aromatic rings. The van der Waals surface area contributed by atoms with E-state index in [1.165, 1.54) is 16.4 Å². The molecule has 2 aromatic heterocycles. The number of amides is 1. The van der Waals surface area contributed by atoms with E-state index in [0.29, 0.717) is 29.7 Å². The van der Waals surface area contributed by atoms with Gasteiger partial charge in [0.2, 0.25) is 21.8 Å². The van der Waals surface area contributed by atoms with E-state index in [-0.39, 0.29) is 17.4 Å². The van der Waals surface area contributed by atoms with Gasteiger partial charge in [-0.3, -0.25) is 9.78 Å². The van der Waals surface area contributed by atoms with Gasteiger partial charge in [-0.1, -0.05) is 0 Å². The van der Waals surface area contributed by atoms with Gasteiger partial charge in [-0.15, -0.1) is 0 Å². The van der Waals surface area contributed by atoms with E-state index >= 15 is 0 Å². The number of carbonyl (C=O) groups excluding carboxylic acids is 1. The highest BCUT2D eigenvalue weighted by Crippen LogP contribution is 2.40. The fraction of sp³-hybridized carbons (Fsp3) is 0.385. The van der Waals surface area contributed by atoms with Crippen LogP contribution in [0.4, 0.5) is 17.6 Å². The Hall–Kier alpha value is -3.45. The van der Waals surface area contributed by atoms with Crippen molar-refractivity contribution in [1.29, 1.82) is 0 Å². The molecule has 1 aromatic carbocycles. The molecule has 1 N–H and O–H groups in total. The molecule has 13 heteroatoms. The number of alkyl halides is 3. The minimum Gasteiger partial charge on any atom is -0.351 e. The zero-order chi connectivity index (χ0) is 27.9. The van der Waals surface area contributed by atoms with Crippen molar-refractivity contribution in [3.63, 3.8) is 0 Å². The number of sulfonamides is 1. The van der Waals surface area contributed by atoms with Crippen molar-refractivity contribution in [3.8, 4) is 11.3 Å². The number of hydrogen-bond donors (Lipinski definition) is 1. The number of carbonyl (C=O) groups is 1. The van der Waals surface area contributed by atoms with Crippen LogP contribution in [-0.2, 0) is 27.5 Å². The first-order chi connectivity index (χ1) is 18.4. The van der Waals surface area contributed by atoms with Gasteiger partial charge in [0.1, 0.15) is 11.9 Å². The third-order valence-electron chi connectivity index (χ3n) is 6.86. The van der Waals surface area contributed by atoms with Crippen LogP contribution in [0, 0.1) is 5.82 Å². The Morgan fingerprint density at radius 2 is 1.72 bits per heavy atom. The number of benzene rings is 1. The summed E-state index contributed by atoms with van der Waals surface area (Å²) in [5.41, 5.74) is 2.10.